The summed E-state index contributed by atoms with van der Waals surface area (Å²) in [7, 11) is 0. The van der Waals surface area contributed by atoms with Gasteiger partial charge in [-0.1, -0.05) is 6.07 Å². The van der Waals surface area contributed by atoms with E-state index in [1.807, 2.05) is 0 Å². The normalized spacial score (nSPS) is 15.9. The molecule has 1 aliphatic heterocycles. The number of ether oxygens (including phenoxy) is 1. The minimum Gasteiger partial charge on any atom is -0.444 e. The predicted octanol–water partition coefficient (Wildman–Crippen LogP) is 1.41. The molecule has 6 heteroatoms. The van der Waals surface area contributed by atoms with E-state index in [0.717, 1.165) is 4.90 Å². The second-order valence-corrected chi connectivity index (χ2v) is 4.35. The molecule has 1 atom stereocenters. The molecule has 1 aliphatic rings. The zero-order valence-electron chi connectivity index (χ0n) is 10.8. The van der Waals surface area contributed by atoms with Crippen molar-refractivity contribution in [2.75, 3.05) is 4.90 Å². The van der Waals surface area contributed by atoms with Gasteiger partial charge in [0.1, 0.15) is 6.07 Å². The van der Waals surface area contributed by atoms with Gasteiger partial charge in [0.05, 0.1) is 11.3 Å². The summed E-state index contributed by atoms with van der Waals surface area (Å²) < 4.78 is 4.87. The van der Waals surface area contributed by atoms with Gasteiger partial charge in [0.2, 0.25) is 11.8 Å². The zero-order chi connectivity index (χ0) is 14.7. The molecular weight excluding hydrogens is 260 g/mol. The molecule has 1 aromatic carbocycles. The summed E-state index contributed by atoms with van der Waals surface area (Å²) >= 11 is 0. The van der Waals surface area contributed by atoms with Gasteiger partial charge in [-0.15, -0.1) is 0 Å². The highest BCUT2D eigenvalue weighted by Crippen LogP contribution is 2.23. The van der Waals surface area contributed by atoms with Crippen LogP contribution in [0.2, 0.25) is 0 Å². The van der Waals surface area contributed by atoms with Crippen molar-refractivity contribution in [1.29, 1.82) is 5.26 Å². The summed E-state index contributed by atoms with van der Waals surface area (Å²) in [5.41, 5.74) is 0.536. The van der Waals surface area contributed by atoms with Crippen LogP contribution in [0.1, 0.15) is 30.1 Å². The quantitative estimate of drug-likeness (QED) is 0.613. The Balaban J connectivity index is 2.24. The molecule has 2 amide bonds. The maximum Gasteiger partial charge on any atom is 0.339 e. The van der Waals surface area contributed by atoms with Crippen molar-refractivity contribution in [2.45, 2.75) is 25.9 Å². The Bertz CT molecular complexity index is 602. The number of nitriles is 1. The van der Waals surface area contributed by atoms with Crippen LogP contribution in [0.15, 0.2) is 24.3 Å². The predicted molar refractivity (Wildman–Crippen MR) is 68.7 cm³/mol. The van der Waals surface area contributed by atoms with Gasteiger partial charge in [-0.2, -0.15) is 5.26 Å². The molecule has 0 unspecified atom stereocenters. The highest BCUT2D eigenvalue weighted by molar-refractivity contribution is 6.20. The highest BCUT2D eigenvalue weighted by atomic mass is 16.5. The van der Waals surface area contributed by atoms with Crippen LogP contribution in [0.4, 0.5) is 5.69 Å². The van der Waals surface area contributed by atoms with Crippen LogP contribution < -0.4 is 4.90 Å². The highest BCUT2D eigenvalue weighted by Gasteiger charge is 2.30. The smallest absolute Gasteiger partial charge is 0.339 e. The van der Waals surface area contributed by atoms with Gasteiger partial charge in [0.25, 0.3) is 0 Å². The fourth-order valence-corrected chi connectivity index (χ4v) is 1.89. The number of esters is 1. The number of nitrogens with zero attached hydrogens (tertiary/aromatic N) is 2. The number of rotatable bonds is 3. The second-order valence-electron chi connectivity index (χ2n) is 4.35. The Morgan fingerprint density at radius 1 is 1.35 bits per heavy atom. The van der Waals surface area contributed by atoms with Crippen molar-refractivity contribution in [2.24, 2.45) is 0 Å². The van der Waals surface area contributed by atoms with E-state index >= 15 is 0 Å². The molecule has 1 aromatic rings. The number of carbonyl (C=O) groups excluding carboxylic acids is 3. The lowest BCUT2D eigenvalue weighted by Crippen LogP contribution is -2.28. The van der Waals surface area contributed by atoms with Crippen molar-refractivity contribution in [1.82, 2.24) is 0 Å². The molecular formula is C14H12N2O4. The number of carbonyl (C=O) groups is 3. The van der Waals surface area contributed by atoms with E-state index in [1.54, 1.807) is 18.2 Å². The molecule has 0 spiro atoms. The van der Waals surface area contributed by atoms with Crippen LogP contribution in [0.3, 0.4) is 0 Å². The summed E-state index contributed by atoms with van der Waals surface area (Å²) in [4.78, 5) is 36.1. The molecule has 0 bridgehead atoms. The molecule has 102 valence electrons. The van der Waals surface area contributed by atoms with Crippen LogP contribution in [0.5, 0.6) is 0 Å². The Hall–Kier alpha value is -2.68. The van der Waals surface area contributed by atoms with Gasteiger partial charge >= 0.3 is 5.97 Å². The first-order valence-corrected chi connectivity index (χ1v) is 6.09. The Kier molecular flexibility index (Phi) is 3.80. The van der Waals surface area contributed by atoms with Crippen molar-refractivity contribution in [3.63, 3.8) is 0 Å². The number of hydrogen-bond donors (Lipinski definition) is 0. The van der Waals surface area contributed by atoms with E-state index in [2.05, 4.69) is 0 Å². The van der Waals surface area contributed by atoms with Gasteiger partial charge in [-0.25, -0.2) is 4.79 Å². The first kappa shape index (κ1) is 13.7. The van der Waals surface area contributed by atoms with Crippen LogP contribution in [0, 0.1) is 11.3 Å². The van der Waals surface area contributed by atoms with Crippen molar-refractivity contribution in [3.8, 4) is 6.07 Å². The molecule has 0 radical (unpaired) electrons. The first-order chi connectivity index (χ1) is 9.52. The van der Waals surface area contributed by atoms with Gasteiger partial charge in [0, 0.05) is 12.8 Å². The summed E-state index contributed by atoms with van der Waals surface area (Å²) in [6.45, 7) is 1.45. The maximum absolute atomic E-state index is 11.8. The van der Waals surface area contributed by atoms with Crippen LogP contribution in [0.25, 0.3) is 0 Å². The summed E-state index contributed by atoms with van der Waals surface area (Å²) in [5, 5.41) is 8.60. The van der Waals surface area contributed by atoms with Gasteiger partial charge in [0.15, 0.2) is 6.10 Å². The molecule has 2 rings (SSSR count). The van der Waals surface area contributed by atoms with Gasteiger partial charge in [-0.05, 0) is 25.1 Å². The number of amides is 2. The van der Waals surface area contributed by atoms with E-state index in [-0.39, 0.29) is 30.2 Å². The molecule has 1 fully saturated rings. The average molecular weight is 272 g/mol. The molecule has 6 nitrogen and oxygen atoms in total. The minimum absolute atomic E-state index is 0.180. The lowest BCUT2D eigenvalue weighted by atomic mass is 10.2. The Labute approximate surface area is 115 Å². The van der Waals surface area contributed by atoms with Crippen molar-refractivity contribution in [3.05, 3.63) is 29.8 Å². The van der Waals surface area contributed by atoms with Gasteiger partial charge < -0.3 is 4.74 Å². The fourth-order valence-electron chi connectivity index (χ4n) is 1.89. The van der Waals surface area contributed by atoms with E-state index in [9.17, 15) is 14.4 Å². The SMILES string of the molecule is C[C@@H](C#N)OC(=O)c1cccc(N2C(=O)CCC2=O)c1. The van der Waals surface area contributed by atoms with Crippen LogP contribution in [-0.4, -0.2) is 23.9 Å². The fraction of sp³-hybridized carbons (Fsp3) is 0.286. The summed E-state index contributed by atoms with van der Waals surface area (Å²) in [6, 6.07) is 7.83. The van der Waals surface area contributed by atoms with E-state index in [0.29, 0.717) is 5.69 Å². The summed E-state index contributed by atoms with van der Waals surface area (Å²) in [6.07, 6.45) is -0.501. The molecule has 0 aromatic heterocycles. The van der Waals surface area contributed by atoms with E-state index in [1.165, 1.54) is 19.1 Å². The summed E-state index contributed by atoms with van der Waals surface area (Å²) in [5.74, 6) is -1.24. The molecule has 1 heterocycles. The standard InChI is InChI=1S/C14H12N2O4/c1-9(8-15)20-14(19)10-3-2-4-11(7-10)16-12(17)5-6-13(16)18/h2-4,7,9H,5-6H2,1H3/t9-/m0/s1. The molecule has 0 aliphatic carbocycles. The third-order valence-electron chi connectivity index (χ3n) is 2.86. The lowest BCUT2D eigenvalue weighted by Gasteiger charge is -2.14. The van der Waals surface area contributed by atoms with E-state index in [4.69, 9.17) is 10.00 Å². The molecule has 1 saturated heterocycles. The van der Waals surface area contributed by atoms with Crippen LogP contribution in [-0.2, 0) is 14.3 Å². The monoisotopic (exact) mass is 272 g/mol. The minimum atomic E-state index is -0.860. The average Bonchev–Trinajstić information content (AvgIpc) is 2.78. The number of hydrogen-bond acceptors (Lipinski definition) is 5. The number of anilines is 1. The molecule has 20 heavy (non-hydrogen) atoms. The Morgan fingerprint density at radius 2 is 2.00 bits per heavy atom. The third kappa shape index (κ3) is 2.67. The van der Waals surface area contributed by atoms with Crippen molar-refractivity contribution >= 4 is 23.5 Å². The van der Waals surface area contributed by atoms with E-state index < -0.39 is 12.1 Å². The molecule has 0 N–H and O–H groups in total. The number of imide groups is 1. The lowest BCUT2D eigenvalue weighted by molar-refractivity contribution is -0.121. The molecule has 0 saturated carbocycles. The maximum atomic E-state index is 11.8. The third-order valence-corrected chi connectivity index (χ3v) is 2.86. The van der Waals surface area contributed by atoms with Crippen molar-refractivity contribution < 1.29 is 19.1 Å². The second kappa shape index (κ2) is 5.53. The Morgan fingerprint density at radius 3 is 2.60 bits per heavy atom. The largest absolute Gasteiger partial charge is 0.444 e. The first-order valence-electron chi connectivity index (χ1n) is 6.09. The topological polar surface area (TPSA) is 87.5 Å². The van der Waals surface area contributed by atoms with Crippen LogP contribution >= 0.6 is 0 Å². The van der Waals surface area contributed by atoms with Gasteiger partial charge in [-0.3, -0.25) is 14.5 Å². The zero-order valence-corrected chi connectivity index (χ0v) is 10.8. The number of benzene rings is 1.